The molecule has 2 amide bonds. The molecule has 4 saturated carbocycles. The van der Waals surface area contributed by atoms with E-state index in [4.69, 9.17) is 0 Å². The molecule has 4 bridgehead atoms. The van der Waals surface area contributed by atoms with Gasteiger partial charge in [-0.05, 0) is 100 Å². The molecule has 0 aliphatic heterocycles. The molecule has 5 nitrogen and oxygen atoms in total. The Hall–Kier alpha value is -1.91. The van der Waals surface area contributed by atoms with Crippen LogP contribution in [0.25, 0.3) is 0 Å². The van der Waals surface area contributed by atoms with Crippen LogP contribution in [0.15, 0.2) is 18.3 Å². The van der Waals surface area contributed by atoms with Gasteiger partial charge in [-0.3, -0.25) is 14.6 Å². The molecule has 0 unspecified atom stereocenters. The highest BCUT2D eigenvalue weighted by molar-refractivity contribution is 5.96. The molecule has 4 aliphatic rings. The van der Waals surface area contributed by atoms with E-state index in [9.17, 15) is 9.59 Å². The lowest BCUT2D eigenvalue weighted by Crippen LogP contribution is -2.41. The first kappa shape index (κ1) is 20.0. The van der Waals surface area contributed by atoms with Crippen LogP contribution in [0.1, 0.15) is 86.1 Å². The van der Waals surface area contributed by atoms with Crippen molar-refractivity contribution in [1.82, 2.24) is 15.6 Å². The number of rotatable bonds is 6. The zero-order valence-corrected chi connectivity index (χ0v) is 18.3. The number of carbonyl (C=O) groups excluding carboxylic acids is 2. The number of nitrogens with zero attached hydrogens (tertiary/aromatic N) is 1. The Morgan fingerprint density at radius 1 is 0.833 bits per heavy atom. The summed E-state index contributed by atoms with van der Waals surface area (Å²) >= 11 is 0. The highest BCUT2D eigenvalue weighted by Crippen LogP contribution is 2.50. The first-order chi connectivity index (χ1) is 14.5. The van der Waals surface area contributed by atoms with E-state index in [1.165, 1.54) is 51.4 Å². The van der Waals surface area contributed by atoms with E-state index < -0.39 is 0 Å². The van der Waals surface area contributed by atoms with Crippen molar-refractivity contribution in [3.05, 3.63) is 29.6 Å². The number of hydrogen-bond acceptors (Lipinski definition) is 3. The van der Waals surface area contributed by atoms with Gasteiger partial charge in [-0.2, -0.15) is 0 Å². The summed E-state index contributed by atoms with van der Waals surface area (Å²) in [4.78, 5) is 29.6. The predicted molar refractivity (Wildman–Crippen MR) is 116 cm³/mol. The Labute approximate surface area is 179 Å². The molecule has 5 heteroatoms. The highest BCUT2D eigenvalue weighted by Gasteiger charge is 2.43. The third-order valence-electron chi connectivity index (χ3n) is 8.85. The smallest absolute Gasteiger partial charge is 0.270 e. The van der Waals surface area contributed by atoms with Crippen molar-refractivity contribution in [2.45, 2.75) is 77.3 Å². The van der Waals surface area contributed by atoms with Gasteiger partial charge in [0.05, 0.1) is 5.56 Å². The maximum absolute atomic E-state index is 12.7. The van der Waals surface area contributed by atoms with Crippen molar-refractivity contribution in [3.8, 4) is 0 Å². The minimum Gasteiger partial charge on any atom is -0.349 e. The number of amides is 2. The van der Waals surface area contributed by atoms with Gasteiger partial charge in [-0.1, -0.05) is 12.8 Å². The second-order valence-corrected chi connectivity index (χ2v) is 10.6. The highest BCUT2D eigenvalue weighted by atomic mass is 16.2. The molecule has 5 rings (SSSR count). The SMILES string of the molecule is C[C@H](NC(=O)c1ccc(C(=O)N[C@@H](C)[C@H]2C[C@@H]3CC[C@@H]2C3)cn1)[C@@H]1C[C@@H]2CC[C@@H]1C2. The quantitative estimate of drug-likeness (QED) is 0.740. The van der Waals surface area contributed by atoms with Gasteiger partial charge in [-0.25, -0.2) is 0 Å². The summed E-state index contributed by atoms with van der Waals surface area (Å²) in [7, 11) is 0. The van der Waals surface area contributed by atoms with Crippen LogP contribution in [0.5, 0.6) is 0 Å². The average molecular weight is 410 g/mol. The van der Waals surface area contributed by atoms with Crippen molar-refractivity contribution in [2.24, 2.45) is 35.5 Å². The van der Waals surface area contributed by atoms with E-state index >= 15 is 0 Å². The first-order valence-corrected chi connectivity index (χ1v) is 12.1. The summed E-state index contributed by atoms with van der Waals surface area (Å²) in [6.45, 7) is 4.26. The minimum absolute atomic E-state index is 0.0833. The Balaban J connectivity index is 1.15. The molecule has 4 aliphatic carbocycles. The second kappa shape index (κ2) is 7.97. The number of nitrogens with one attached hydrogen (secondary N) is 2. The number of pyridine rings is 1. The van der Waals surface area contributed by atoms with E-state index in [1.807, 2.05) is 0 Å². The molecule has 0 radical (unpaired) electrons. The van der Waals surface area contributed by atoms with E-state index in [-0.39, 0.29) is 23.9 Å². The maximum atomic E-state index is 12.7. The summed E-state index contributed by atoms with van der Waals surface area (Å²) in [6, 6.07) is 3.78. The normalized spacial score (nSPS) is 35.9. The monoisotopic (exact) mass is 409 g/mol. The molecule has 0 spiro atoms. The zero-order valence-electron chi connectivity index (χ0n) is 18.3. The van der Waals surface area contributed by atoms with Gasteiger partial charge in [-0.15, -0.1) is 0 Å². The van der Waals surface area contributed by atoms with Gasteiger partial charge in [0.15, 0.2) is 0 Å². The fourth-order valence-corrected chi connectivity index (χ4v) is 7.26. The van der Waals surface area contributed by atoms with Crippen molar-refractivity contribution >= 4 is 11.8 Å². The Bertz CT molecular complexity index is 740. The summed E-state index contributed by atoms with van der Waals surface area (Å²) < 4.78 is 0. The van der Waals surface area contributed by atoms with Crippen LogP contribution < -0.4 is 10.6 Å². The maximum Gasteiger partial charge on any atom is 0.270 e. The second-order valence-electron chi connectivity index (χ2n) is 10.6. The Kier molecular flexibility index (Phi) is 5.32. The molecule has 0 aromatic carbocycles. The van der Waals surface area contributed by atoms with Crippen LogP contribution >= 0.6 is 0 Å². The van der Waals surface area contributed by atoms with Crippen molar-refractivity contribution in [1.29, 1.82) is 0 Å². The molecule has 1 aromatic heterocycles. The number of aromatic nitrogens is 1. The molecule has 0 saturated heterocycles. The molecular formula is C25H35N3O2. The van der Waals surface area contributed by atoms with E-state index in [1.54, 1.807) is 18.3 Å². The van der Waals surface area contributed by atoms with Gasteiger partial charge in [0, 0.05) is 18.3 Å². The Morgan fingerprint density at radius 3 is 1.83 bits per heavy atom. The molecule has 162 valence electrons. The predicted octanol–water partition coefficient (Wildman–Crippen LogP) is 4.19. The van der Waals surface area contributed by atoms with Crippen LogP contribution in [0, 0.1) is 35.5 Å². The molecular weight excluding hydrogens is 374 g/mol. The zero-order chi connectivity index (χ0) is 20.8. The number of fused-ring (bicyclic) bond motifs is 4. The lowest BCUT2D eigenvalue weighted by Gasteiger charge is -2.28. The van der Waals surface area contributed by atoms with E-state index in [0.29, 0.717) is 23.1 Å². The topological polar surface area (TPSA) is 71.1 Å². The van der Waals surface area contributed by atoms with E-state index in [2.05, 4.69) is 29.5 Å². The fraction of sp³-hybridized carbons (Fsp3) is 0.720. The lowest BCUT2D eigenvalue weighted by atomic mass is 9.84. The van der Waals surface area contributed by atoms with Crippen LogP contribution in [0.3, 0.4) is 0 Å². The van der Waals surface area contributed by atoms with Gasteiger partial charge < -0.3 is 10.6 Å². The van der Waals surface area contributed by atoms with Crippen LogP contribution in [-0.2, 0) is 0 Å². The summed E-state index contributed by atoms with van der Waals surface area (Å²) in [5.41, 5.74) is 0.922. The number of hydrogen-bond donors (Lipinski definition) is 2. The standard InChI is InChI=1S/C25H35N3O2/c1-14(21-11-16-3-5-18(21)9-16)27-24(29)20-7-8-23(26-13-20)25(30)28-15(2)22-12-17-4-6-19(22)10-17/h7-8,13-19,21-22H,3-6,9-12H2,1-2H3,(H,27,29)(H,28,30)/t14-,15-,16+,17+,18+,19+,21+,22-/m0/s1. The van der Waals surface area contributed by atoms with Crippen molar-refractivity contribution in [3.63, 3.8) is 0 Å². The lowest BCUT2D eigenvalue weighted by molar-refractivity contribution is 0.0898. The van der Waals surface area contributed by atoms with Gasteiger partial charge in [0.1, 0.15) is 5.69 Å². The van der Waals surface area contributed by atoms with Crippen LogP contribution in [-0.4, -0.2) is 28.9 Å². The van der Waals surface area contributed by atoms with Crippen LogP contribution in [0.4, 0.5) is 0 Å². The number of carbonyl (C=O) groups is 2. The summed E-state index contributed by atoms with van der Waals surface area (Å²) in [5.74, 6) is 4.31. The van der Waals surface area contributed by atoms with Crippen molar-refractivity contribution < 1.29 is 9.59 Å². The molecule has 1 heterocycles. The van der Waals surface area contributed by atoms with E-state index in [0.717, 1.165) is 23.7 Å². The molecule has 1 aromatic rings. The first-order valence-electron chi connectivity index (χ1n) is 12.1. The third-order valence-corrected chi connectivity index (χ3v) is 8.85. The summed E-state index contributed by atoms with van der Waals surface area (Å²) in [6.07, 6.45) is 12.1. The fourth-order valence-electron chi connectivity index (χ4n) is 7.26. The molecule has 4 fully saturated rings. The van der Waals surface area contributed by atoms with Crippen molar-refractivity contribution in [2.75, 3.05) is 0 Å². The Morgan fingerprint density at radius 2 is 1.40 bits per heavy atom. The molecule has 8 atom stereocenters. The third kappa shape index (κ3) is 3.76. The van der Waals surface area contributed by atoms with Crippen LogP contribution in [0.2, 0.25) is 0 Å². The minimum atomic E-state index is -0.132. The summed E-state index contributed by atoms with van der Waals surface area (Å²) in [5, 5.41) is 6.33. The largest absolute Gasteiger partial charge is 0.349 e. The molecule has 2 N–H and O–H groups in total. The molecule has 30 heavy (non-hydrogen) atoms. The van der Waals surface area contributed by atoms with Gasteiger partial charge >= 0.3 is 0 Å². The van der Waals surface area contributed by atoms with Gasteiger partial charge in [0.2, 0.25) is 0 Å². The van der Waals surface area contributed by atoms with Gasteiger partial charge in [0.25, 0.3) is 11.8 Å². The average Bonchev–Trinajstić information content (AvgIpc) is 3.55.